The van der Waals surface area contributed by atoms with Gasteiger partial charge in [-0.3, -0.25) is 4.57 Å². The normalized spacial score (nSPS) is 30.0. The lowest BCUT2D eigenvalue weighted by molar-refractivity contribution is -0.138. The van der Waals surface area contributed by atoms with Gasteiger partial charge in [0.15, 0.2) is 6.10 Å². The van der Waals surface area contributed by atoms with Crippen LogP contribution in [0.25, 0.3) is 0 Å². The van der Waals surface area contributed by atoms with Gasteiger partial charge < -0.3 is 19.6 Å². The van der Waals surface area contributed by atoms with E-state index in [-0.39, 0.29) is 0 Å². The van der Waals surface area contributed by atoms with E-state index in [9.17, 15) is 9.36 Å². The standard InChI is InChI=1S/C4H7O6P/c5-4(6)3-2(10-3)1-11(7,8)9/h2-3H,1H2,(H,5,6)(H2,7,8,9)/t2-,3+/m0/s1. The summed E-state index contributed by atoms with van der Waals surface area (Å²) in [5.41, 5.74) is 0. The molecule has 0 radical (unpaired) electrons. The van der Waals surface area contributed by atoms with Gasteiger partial charge in [-0.05, 0) is 0 Å². The number of aliphatic carboxylic acids is 1. The van der Waals surface area contributed by atoms with Gasteiger partial charge in [0.1, 0.15) is 6.10 Å². The first-order valence-corrected chi connectivity index (χ1v) is 4.63. The highest BCUT2D eigenvalue weighted by atomic mass is 31.2. The number of epoxide rings is 1. The molecule has 1 saturated heterocycles. The lowest BCUT2D eigenvalue weighted by Crippen LogP contribution is -2.10. The number of carboxylic acid groups (broad SMARTS) is 1. The number of hydrogen-bond donors (Lipinski definition) is 3. The van der Waals surface area contributed by atoms with Crippen LogP contribution in [0.5, 0.6) is 0 Å². The summed E-state index contributed by atoms with van der Waals surface area (Å²) in [6, 6.07) is 0. The van der Waals surface area contributed by atoms with Gasteiger partial charge in [-0.15, -0.1) is 0 Å². The fourth-order valence-corrected chi connectivity index (χ4v) is 1.48. The third-order valence-corrected chi connectivity index (χ3v) is 2.08. The minimum atomic E-state index is -4.12. The molecule has 1 heterocycles. The summed E-state index contributed by atoms with van der Waals surface area (Å²) in [6.07, 6.45) is -2.35. The molecule has 0 bridgehead atoms. The van der Waals surface area contributed by atoms with Crippen molar-refractivity contribution in [2.75, 3.05) is 6.16 Å². The maximum atomic E-state index is 10.3. The van der Waals surface area contributed by atoms with Gasteiger partial charge in [-0.25, -0.2) is 4.79 Å². The van der Waals surface area contributed by atoms with Crippen LogP contribution in [0.1, 0.15) is 0 Å². The molecule has 64 valence electrons. The Morgan fingerprint density at radius 3 is 2.36 bits per heavy atom. The van der Waals surface area contributed by atoms with Crippen molar-refractivity contribution in [2.24, 2.45) is 0 Å². The van der Waals surface area contributed by atoms with Crippen molar-refractivity contribution in [3.05, 3.63) is 0 Å². The van der Waals surface area contributed by atoms with Gasteiger partial charge >= 0.3 is 13.6 Å². The molecule has 0 amide bonds. The SMILES string of the molecule is O=C(O)[C@@H]1O[C@H]1CP(=O)(O)O. The predicted octanol–water partition coefficient (Wildman–Crippen LogP) is -0.984. The first-order valence-electron chi connectivity index (χ1n) is 2.83. The topological polar surface area (TPSA) is 107 Å². The average molecular weight is 182 g/mol. The molecule has 1 rings (SSSR count). The molecule has 3 N–H and O–H groups in total. The zero-order valence-corrected chi connectivity index (χ0v) is 6.27. The maximum absolute atomic E-state index is 10.3. The van der Waals surface area contributed by atoms with E-state index in [2.05, 4.69) is 4.74 Å². The summed E-state index contributed by atoms with van der Waals surface area (Å²) in [7, 11) is -4.12. The Kier molecular flexibility index (Phi) is 2.02. The van der Waals surface area contributed by atoms with Crippen LogP contribution < -0.4 is 0 Å². The van der Waals surface area contributed by atoms with Crippen molar-refractivity contribution in [3.63, 3.8) is 0 Å². The number of carboxylic acids is 1. The summed E-state index contributed by atoms with van der Waals surface area (Å²) in [6.45, 7) is 0. The smallest absolute Gasteiger partial charge is 0.335 e. The van der Waals surface area contributed by atoms with Crippen LogP contribution in [0.4, 0.5) is 0 Å². The molecule has 0 saturated carbocycles. The average Bonchev–Trinajstić information content (AvgIpc) is 2.40. The van der Waals surface area contributed by atoms with E-state index in [1.54, 1.807) is 0 Å². The van der Waals surface area contributed by atoms with Crippen LogP contribution in [-0.2, 0) is 14.1 Å². The second-order valence-corrected chi connectivity index (χ2v) is 3.98. The van der Waals surface area contributed by atoms with E-state index >= 15 is 0 Å². The Morgan fingerprint density at radius 1 is 1.55 bits per heavy atom. The quantitative estimate of drug-likeness (QED) is 0.382. The van der Waals surface area contributed by atoms with Gasteiger partial charge in [0.25, 0.3) is 0 Å². The molecule has 1 aliphatic rings. The van der Waals surface area contributed by atoms with Crippen LogP contribution in [0, 0.1) is 0 Å². The molecule has 2 atom stereocenters. The molecular weight excluding hydrogens is 175 g/mol. The highest BCUT2D eigenvalue weighted by Crippen LogP contribution is 2.41. The Balaban J connectivity index is 2.35. The van der Waals surface area contributed by atoms with E-state index in [1.807, 2.05) is 0 Å². The number of carbonyl (C=O) groups is 1. The highest BCUT2D eigenvalue weighted by molar-refractivity contribution is 7.51. The maximum Gasteiger partial charge on any atom is 0.335 e. The second kappa shape index (κ2) is 2.57. The van der Waals surface area contributed by atoms with Crippen molar-refractivity contribution in [2.45, 2.75) is 12.2 Å². The Hall–Kier alpha value is -0.420. The van der Waals surface area contributed by atoms with E-state index < -0.39 is 31.9 Å². The first-order chi connectivity index (χ1) is 4.90. The monoisotopic (exact) mass is 182 g/mol. The summed E-state index contributed by atoms with van der Waals surface area (Å²) >= 11 is 0. The van der Waals surface area contributed by atoms with Gasteiger partial charge in [-0.1, -0.05) is 0 Å². The largest absolute Gasteiger partial charge is 0.479 e. The molecule has 11 heavy (non-hydrogen) atoms. The second-order valence-electron chi connectivity index (χ2n) is 2.28. The number of hydrogen-bond acceptors (Lipinski definition) is 3. The molecule has 0 spiro atoms. The van der Waals surface area contributed by atoms with Gasteiger partial charge in [0, 0.05) is 0 Å². The van der Waals surface area contributed by atoms with Crippen molar-refractivity contribution >= 4 is 13.6 Å². The number of ether oxygens (including phenoxy) is 1. The minimum Gasteiger partial charge on any atom is -0.479 e. The predicted molar refractivity (Wildman–Crippen MR) is 33.2 cm³/mol. The minimum absolute atomic E-state index is 0.510. The van der Waals surface area contributed by atoms with Crippen LogP contribution in [-0.4, -0.2) is 39.2 Å². The summed E-state index contributed by atoms with van der Waals surface area (Å²) in [4.78, 5) is 26.8. The van der Waals surface area contributed by atoms with E-state index in [4.69, 9.17) is 14.9 Å². The molecule has 0 unspecified atom stereocenters. The molecule has 7 heteroatoms. The van der Waals surface area contributed by atoms with Gasteiger partial charge in [-0.2, -0.15) is 0 Å². The molecule has 1 aliphatic heterocycles. The van der Waals surface area contributed by atoms with Crippen molar-refractivity contribution in [1.29, 1.82) is 0 Å². The van der Waals surface area contributed by atoms with E-state index in [1.165, 1.54) is 0 Å². The molecule has 0 aromatic rings. The van der Waals surface area contributed by atoms with Gasteiger partial charge in [0.2, 0.25) is 0 Å². The molecule has 0 aromatic carbocycles. The van der Waals surface area contributed by atoms with Crippen LogP contribution in [0.3, 0.4) is 0 Å². The summed E-state index contributed by atoms with van der Waals surface area (Å²) in [5.74, 6) is -1.18. The number of rotatable bonds is 3. The molecular formula is C4H7O6P. The third kappa shape index (κ3) is 2.59. The zero-order valence-electron chi connectivity index (χ0n) is 5.38. The van der Waals surface area contributed by atoms with E-state index in [0.29, 0.717) is 0 Å². The van der Waals surface area contributed by atoms with Crippen molar-refractivity contribution in [3.8, 4) is 0 Å². The van der Waals surface area contributed by atoms with Crippen LogP contribution in [0.2, 0.25) is 0 Å². The highest BCUT2D eigenvalue weighted by Gasteiger charge is 2.48. The van der Waals surface area contributed by atoms with Crippen LogP contribution in [0.15, 0.2) is 0 Å². The lowest BCUT2D eigenvalue weighted by Gasteiger charge is -1.97. The molecule has 6 nitrogen and oxygen atoms in total. The summed E-state index contributed by atoms with van der Waals surface area (Å²) < 4.78 is 14.7. The van der Waals surface area contributed by atoms with Gasteiger partial charge in [0.05, 0.1) is 6.16 Å². The Bertz CT molecular complexity index is 219. The lowest BCUT2D eigenvalue weighted by atomic mass is 10.3. The third-order valence-electron chi connectivity index (χ3n) is 1.24. The first kappa shape index (κ1) is 8.67. The van der Waals surface area contributed by atoms with Crippen molar-refractivity contribution in [1.82, 2.24) is 0 Å². The fourth-order valence-electron chi connectivity index (χ4n) is 0.733. The molecule has 0 aromatic heterocycles. The van der Waals surface area contributed by atoms with Crippen molar-refractivity contribution < 1.29 is 29.0 Å². The van der Waals surface area contributed by atoms with E-state index in [0.717, 1.165) is 0 Å². The molecule has 1 fully saturated rings. The van der Waals surface area contributed by atoms with Crippen LogP contribution >= 0.6 is 7.60 Å². The Morgan fingerprint density at radius 2 is 2.09 bits per heavy atom. The molecule has 0 aliphatic carbocycles. The fraction of sp³-hybridized carbons (Fsp3) is 0.750. The zero-order chi connectivity index (χ0) is 8.65. The summed E-state index contributed by atoms with van der Waals surface area (Å²) in [5, 5.41) is 8.24. The Labute approximate surface area is 61.9 Å².